The molecule has 1 unspecified atom stereocenters. The Labute approximate surface area is 77.3 Å². The summed E-state index contributed by atoms with van der Waals surface area (Å²) in [6.45, 7) is 1.01. The fourth-order valence-electron chi connectivity index (χ4n) is 1.32. The molecule has 0 aromatic rings. The summed E-state index contributed by atoms with van der Waals surface area (Å²) in [7, 11) is 0. The van der Waals surface area contributed by atoms with Gasteiger partial charge < -0.3 is 15.4 Å². The van der Waals surface area contributed by atoms with E-state index in [1.54, 1.807) is 0 Å². The lowest BCUT2D eigenvalue weighted by Gasteiger charge is -2.24. The summed E-state index contributed by atoms with van der Waals surface area (Å²) >= 11 is 0. The molecule has 1 aliphatic heterocycles. The van der Waals surface area contributed by atoms with Gasteiger partial charge in [-0.05, 0) is 25.8 Å². The largest absolute Gasteiger partial charge is 0.331 e. The second kappa shape index (κ2) is 5.53. The Morgan fingerprint density at radius 1 is 1.54 bits per heavy atom. The van der Waals surface area contributed by atoms with Gasteiger partial charge in [-0.25, -0.2) is 4.79 Å². The molecule has 0 radical (unpaired) electrons. The Morgan fingerprint density at radius 2 is 2.38 bits per heavy atom. The minimum Gasteiger partial charge on any atom is -0.331 e. The van der Waals surface area contributed by atoms with Gasteiger partial charge in [0.25, 0.3) is 0 Å². The van der Waals surface area contributed by atoms with E-state index < -0.39 is 0 Å². The molecule has 1 fully saturated rings. The first-order valence-electron chi connectivity index (χ1n) is 4.54. The van der Waals surface area contributed by atoms with E-state index in [0.717, 1.165) is 25.8 Å². The highest BCUT2D eigenvalue weighted by Gasteiger charge is 2.13. The lowest BCUT2D eigenvalue weighted by Crippen LogP contribution is -2.51. The second-order valence-electron chi connectivity index (χ2n) is 3.02. The number of piperidine rings is 1. The first-order chi connectivity index (χ1) is 6.33. The van der Waals surface area contributed by atoms with Crippen LogP contribution < -0.4 is 16.0 Å². The van der Waals surface area contributed by atoms with Gasteiger partial charge in [0.2, 0.25) is 0 Å². The summed E-state index contributed by atoms with van der Waals surface area (Å²) in [5.74, 6) is 0. The van der Waals surface area contributed by atoms with Gasteiger partial charge in [0.05, 0.1) is 12.7 Å². The normalized spacial score (nSPS) is 22.0. The minimum absolute atomic E-state index is 0.0559. The van der Waals surface area contributed by atoms with Crippen LogP contribution in [0, 0.1) is 0 Å². The molecular weight excluding hydrogens is 170 g/mol. The van der Waals surface area contributed by atoms with E-state index in [1.807, 2.05) is 0 Å². The quantitative estimate of drug-likeness (QED) is 0.523. The number of carbonyl (C=O) groups excluding carboxylic acids is 2. The predicted octanol–water partition coefficient (Wildman–Crippen LogP) is -0.416. The maximum Gasteiger partial charge on any atom is 0.316 e. The zero-order valence-electron chi connectivity index (χ0n) is 7.51. The van der Waals surface area contributed by atoms with Gasteiger partial charge in [0, 0.05) is 0 Å². The standard InChI is InChI=1S/C8H15N3O2/c12-6-5-10-8(13)11-7-3-1-2-4-9-7/h6-7,9H,1-5H2,(H2,10,11,13). The number of nitrogens with one attached hydrogen (secondary N) is 3. The zero-order chi connectivity index (χ0) is 9.52. The molecule has 3 N–H and O–H groups in total. The van der Waals surface area contributed by atoms with Gasteiger partial charge in [-0.2, -0.15) is 0 Å². The van der Waals surface area contributed by atoms with E-state index in [4.69, 9.17) is 0 Å². The van der Waals surface area contributed by atoms with Crippen LogP contribution in [0.1, 0.15) is 19.3 Å². The molecule has 2 amide bonds. The summed E-state index contributed by atoms with van der Waals surface area (Å²) in [5.41, 5.74) is 0. The van der Waals surface area contributed by atoms with Crippen molar-refractivity contribution < 1.29 is 9.59 Å². The highest BCUT2D eigenvalue weighted by molar-refractivity contribution is 5.76. The lowest BCUT2D eigenvalue weighted by molar-refractivity contribution is -0.107. The molecule has 0 saturated carbocycles. The van der Waals surface area contributed by atoms with Gasteiger partial charge in [-0.3, -0.25) is 5.32 Å². The van der Waals surface area contributed by atoms with E-state index in [0.29, 0.717) is 6.29 Å². The maximum absolute atomic E-state index is 11.0. The molecule has 13 heavy (non-hydrogen) atoms. The molecule has 0 aromatic heterocycles. The number of urea groups is 1. The van der Waals surface area contributed by atoms with Crippen molar-refractivity contribution in [3.8, 4) is 0 Å². The Morgan fingerprint density at radius 3 is 3.00 bits per heavy atom. The van der Waals surface area contributed by atoms with Crippen molar-refractivity contribution in [2.45, 2.75) is 25.4 Å². The number of aldehydes is 1. The third-order valence-corrected chi connectivity index (χ3v) is 1.96. The van der Waals surface area contributed by atoms with Crippen LogP contribution in [0.15, 0.2) is 0 Å². The highest BCUT2D eigenvalue weighted by Crippen LogP contribution is 2.03. The molecule has 1 atom stereocenters. The SMILES string of the molecule is O=CCNC(=O)NC1CCCCN1. The molecule has 0 spiro atoms. The van der Waals surface area contributed by atoms with Crippen LogP contribution in [0.3, 0.4) is 0 Å². The zero-order valence-corrected chi connectivity index (χ0v) is 7.51. The molecule has 0 bridgehead atoms. The van der Waals surface area contributed by atoms with Crippen LogP contribution in [-0.2, 0) is 4.79 Å². The van der Waals surface area contributed by atoms with Crippen LogP contribution in [-0.4, -0.2) is 31.6 Å². The average Bonchev–Trinajstić information content (AvgIpc) is 2.16. The summed E-state index contributed by atoms with van der Waals surface area (Å²) in [6, 6.07) is -0.286. The van der Waals surface area contributed by atoms with E-state index in [1.165, 1.54) is 0 Å². The van der Waals surface area contributed by atoms with Crippen molar-refractivity contribution >= 4 is 12.3 Å². The number of rotatable bonds is 3. The van der Waals surface area contributed by atoms with E-state index in [-0.39, 0.29) is 18.7 Å². The van der Waals surface area contributed by atoms with Crippen molar-refractivity contribution in [2.75, 3.05) is 13.1 Å². The third kappa shape index (κ3) is 3.89. The van der Waals surface area contributed by atoms with Crippen LogP contribution in [0.2, 0.25) is 0 Å². The number of hydrogen-bond donors (Lipinski definition) is 3. The highest BCUT2D eigenvalue weighted by atomic mass is 16.2. The summed E-state index contributed by atoms with van der Waals surface area (Å²) in [4.78, 5) is 21.0. The molecule has 74 valence electrons. The van der Waals surface area contributed by atoms with Crippen molar-refractivity contribution in [1.29, 1.82) is 0 Å². The molecule has 1 aliphatic rings. The van der Waals surface area contributed by atoms with Gasteiger partial charge in [0.1, 0.15) is 6.29 Å². The van der Waals surface area contributed by atoms with Gasteiger partial charge in [-0.1, -0.05) is 0 Å². The topological polar surface area (TPSA) is 70.2 Å². The van der Waals surface area contributed by atoms with E-state index in [9.17, 15) is 9.59 Å². The Hall–Kier alpha value is -1.10. The number of amides is 2. The monoisotopic (exact) mass is 185 g/mol. The van der Waals surface area contributed by atoms with Crippen molar-refractivity contribution in [3.63, 3.8) is 0 Å². The Balaban J connectivity index is 2.14. The minimum atomic E-state index is -0.286. The molecule has 1 rings (SSSR count). The fourth-order valence-corrected chi connectivity index (χ4v) is 1.32. The van der Waals surface area contributed by atoms with Crippen LogP contribution >= 0.6 is 0 Å². The number of carbonyl (C=O) groups is 2. The fraction of sp³-hybridized carbons (Fsp3) is 0.750. The van der Waals surface area contributed by atoms with Crippen LogP contribution in [0.25, 0.3) is 0 Å². The Bertz CT molecular complexity index is 178. The summed E-state index contributed by atoms with van der Waals surface area (Å²) in [5, 5.41) is 8.32. The molecule has 5 heteroatoms. The summed E-state index contributed by atoms with van der Waals surface area (Å²) in [6.07, 6.45) is 3.96. The third-order valence-electron chi connectivity index (χ3n) is 1.96. The first kappa shape index (κ1) is 9.98. The number of hydrogen-bond acceptors (Lipinski definition) is 3. The molecular formula is C8H15N3O2. The molecule has 1 saturated heterocycles. The molecule has 5 nitrogen and oxygen atoms in total. The van der Waals surface area contributed by atoms with Crippen LogP contribution in [0.5, 0.6) is 0 Å². The van der Waals surface area contributed by atoms with E-state index in [2.05, 4.69) is 16.0 Å². The summed E-state index contributed by atoms with van der Waals surface area (Å²) < 4.78 is 0. The van der Waals surface area contributed by atoms with Crippen LogP contribution in [0.4, 0.5) is 4.79 Å². The van der Waals surface area contributed by atoms with E-state index >= 15 is 0 Å². The second-order valence-corrected chi connectivity index (χ2v) is 3.02. The lowest BCUT2D eigenvalue weighted by atomic mass is 10.1. The maximum atomic E-state index is 11.0. The molecule has 1 heterocycles. The van der Waals surface area contributed by atoms with Gasteiger partial charge >= 0.3 is 6.03 Å². The first-order valence-corrected chi connectivity index (χ1v) is 4.54. The predicted molar refractivity (Wildman–Crippen MR) is 48.2 cm³/mol. The van der Waals surface area contributed by atoms with Crippen molar-refractivity contribution in [1.82, 2.24) is 16.0 Å². The Kier molecular flexibility index (Phi) is 4.25. The van der Waals surface area contributed by atoms with Crippen molar-refractivity contribution in [3.05, 3.63) is 0 Å². The van der Waals surface area contributed by atoms with Crippen molar-refractivity contribution in [2.24, 2.45) is 0 Å². The molecule has 0 aromatic carbocycles. The van der Waals surface area contributed by atoms with Gasteiger partial charge in [-0.15, -0.1) is 0 Å². The average molecular weight is 185 g/mol. The molecule has 0 aliphatic carbocycles. The smallest absolute Gasteiger partial charge is 0.316 e. The van der Waals surface area contributed by atoms with Gasteiger partial charge in [0.15, 0.2) is 0 Å².